The molecule has 4 heteroatoms. The van der Waals surface area contributed by atoms with Crippen molar-refractivity contribution in [3.05, 3.63) is 12.2 Å². The second-order valence-electron chi connectivity index (χ2n) is 3.24. The highest BCUT2D eigenvalue weighted by atomic mass is 16.6. The minimum absolute atomic E-state index is 0.223. The summed E-state index contributed by atoms with van der Waals surface area (Å²) in [4.78, 5) is 22.2. The fourth-order valence-corrected chi connectivity index (χ4v) is 2.11. The summed E-state index contributed by atoms with van der Waals surface area (Å²) >= 11 is 0. The molecule has 0 unspecified atom stereocenters. The summed E-state index contributed by atoms with van der Waals surface area (Å²) < 4.78 is 9.86. The van der Waals surface area contributed by atoms with Crippen LogP contribution in [0.4, 0.5) is 0 Å². The van der Waals surface area contributed by atoms with Gasteiger partial charge in [-0.05, 0) is 0 Å². The molecule has 3 rings (SSSR count). The van der Waals surface area contributed by atoms with Crippen LogP contribution in [0.15, 0.2) is 12.2 Å². The van der Waals surface area contributed by atoms with E-state index in [9.17, 15) is 9.59 Å². The summed E-state index contributed by atoms with van der Waals surface area (Å²) in [5.41, 5.74) is 0. The van der Waals surface area contributed by atoms with Gasteiger partial charge in [-0.15, -0.1) is 0 Å². The number of esters is 2. The van der Waals surface area contributed by atoms with Crippen molar-refractivity contribution >= 4 is 11.9 Å². The molecule has 0 spiro atoms. The molecule has 12 heavy (non-hydrogen) atoms. The predicted molar refractivity (Wildman–Crippen MR) is 35.9 cm³/mol. The third kappa shape index (κ3) is 0.536. The first kappa shape index (κ1) is 6.37. The first-order chi connectivity index (χ1) is 5.77. The molecular weight excluding hydrogens is 160 g/mol. The number of ether oxygens (including phenoxy) is 2. The Labute approximate surface area is 68.1 Å². The average Bonchev–Trinajstić information content (AvgIpc) is 2.64. The topological polar surface area (TPSA) is 52.6 Å². The lowest BCUT2D eigenvalue weighted by atomic mass is 9.85. The molecule has 3 aliphatic heterocycles. The Bertz CT molecular complexity index is 278. The van der Waals surface area contributed by atoms with Gasteiger partial charge in [0.15, 0.2) is 0 Å². The highest BCUT2D eigenvalue weighted by Crippen LogP contribution is 2.43. The molecule has 2 saturated heterocycles. The molecule has 4 atom stereocenters. The van der Waals surface area contributed by atoms with Gasteiger partial charge in [0.2, 0.25) is 0 Å². The number of carbonyl (C=O) groups is 2. The maximum absolute atomic E-state index is 11.1. The second kappa shape index (κ2) is 1.77. The van der Waals surface area contributed by atoms with Crippen molar-refractivity contribution in [2.75, 3.05) is 0 Å². The molecule has 0 amide bonds. The van der Waals surface area contributed by atoms with Crippen LogP contribution in [0.1, 0.15) is 0 Å². The molecular formula is C8H6O4. The van der Waals surface area contributed by atoms with Gasteiger partial charge in [-0.3, -0.25) is 9.59 Å². The third-order valence-electron chi connectivity index (χ3n) is 2.65. The van der Waals surface area contributed by atoms with Gasteiger partial charge in [0.25, 0.3) is 0 Å². The minimum Gasteiger partial charge on any atom is -0.393 e. The summed E-state index contributed by atoms with van der Waals surface area (Å²) in [7, 11) is 0. The summed E-state index contributed by atoms with van der Waals surface area (Å²) in [6.45, 7) is 0. The Morgan fingerprint density at radius 2 is 1.50 bits per heavy atom. The van der Waals surface area contributed by atoms with E-state index in [1.807, 2.05) is 12.2 Å². The Balaban J connectivity index is 2.08. The molecule has 3 heterocycles. The van der Waals surface area contributed by atoms with Gasteiger partial charge in [0.05, 0.1) is 12.2 Å². The summed E-state index contributed by atoms with van der Waals surface area (Å²) in [5, 5.41) is 0. The predicted octanol–water partition coefficient (Wildman–Crippen LogP) is -0.361. The lowest BCUT2D eigenvalue weighted by Gasteiger charge is -2.08. The smallest absolute Gasteiger partial charge is 0.320 e. The minimum atomic E-state index is -0.429. The van der Waals surface area contributed by atoms with Crippen LogP contribution in [-0.4, -0.2) is 24.1 Å². The normalized spacial score (nSPS) is 48.3. The molecule has 0 aliphatic carbocycles. The van der Waals surface area contributed by atoms with Crippen LogP contribution in [0, 0.1) is 11.8 Å². The fraction of sp³-hybridized carbons (Fsp3) is 0.500. The first-order valence-electron chi connectivity index (χ1n) is 3.87. The van der Waals surface area contributed by atoms with Gasteiger partial charge < -0.3 is 9.47 Å². The van der Waals surface area contributed by atoms with Crippen LogP contribution in [0.2, 0.25) is 0 Å². The molecule has 0 N–H and O–H groups in total. The van der Waals surface area contributed by atoms with E-state index in [1.54, 1.807) is 0 Å². The van der Waals surface area contributed by atoms with Crippen LogP contribution in [0.3, 0.4) is 0 Å². The van der Waals surface area contributed by atoms with E-state index in [4.69, 9.17) is 4.74 Å². The molecule has 0 aromatic heterocycles. The molecule has 0 aromatic carbocycles. The number of carbonyl (C=O) groups excluding carboxylic acids is 2. The van der Waals surface area contributed by atoms with E-state index in [0.717, 1.165) is 0 Å². The number of fused-ring (bicyclic) bond motifs is 5. The molecule has 2 fully saturated rings. The zero-order valence-electron chi connectivity index (χ0n) is 6.10. The first-order valence-corrected chi connectivity index (χ1v) is 3.87. The van der Waals surface area contributed by atoms with E-state index >= 15 is 0 Å². The lowest BCUT2D eigenvalue weighted by Crippen LogP contribution is -2.26. The molecule has 62 valence electrons. The Morgan fingerprint density at radius 1 is 1.00 bits per heavy atom. The molecule has 0 radical (unpaired) electrons. The van der Waals surface area contributed by atoms with Crippen LogP contribution in [-0.2, 0) is 19.1 Å². The Kier molecular flexibility index (Phi) is 0.939. The number of hydrogen-bond donors (Lipinski definition) is 0. The van der Waals surface area contributed by atoms with E-state index in [1.165, 1.54) is 0 Å². The highest BCUT2D eigenvalue weighted by Gasteiger charge is 2.59. The Morgan fingerprint density at radius 3 is 2.00 bits per heavy atom. The van der Waals surface area contributed by atoms with Crippen molar-refractivity contribution in [2.24, 2.45) is 11.8 Å². The van der Waals surface area contributed by atoms with Crippen molar-refractivity contribution in [3.8, 4) is 0 Å². The quantitative estimate of drug-likeness (QED) is 0.280. The SMILES string of the molecule is O=C1OC(=O)[C@H]2[C@@H]1[C@H]1C=C[C@@H]2O1. The van der Waals surface area contributed by atoms with Crippen LogP contribution >= 0.6 is 0 Å². The van der Waals surface area contributed by atoms with E-state index in [2.05, 4.69) is 4.74 Å². The van der Waals surface area contributed by atoms with Crippen LogP contribution in [0.25, 0.3) is 0 Å². The fourth-order valence-electron chi connectivity index (χ4n) is 2.11. The number of rotatable bonds is 0. The summed E-state index contributed by atoms with van der Waals surface area (Å²) in [5.74, 6) is -1.59. The van der Waals surface area contributed by atoms with Gasteiger partial charge in [-0.25, -0.2) is 0 Å². The van der Waals surface area contributed by atoms with Crippen molar-refractivity contribution in [2.45, 2.75) is 12.2 Å². The zero-order chi connectivity index (χ0) is 8.29. The van der Waals surface area contributed by atoms with Crippen molar-refractivity contribution < 1.29 is 19.1 Å². The third-order valence-corrected chi connectivity index (χ3v) is 2.65. The molecule has 0 aromatic rings. The monoisotopic (exact) mass is 166 g/mol. The van der Waals surface area contributed by atoms with E-state index in [-0.39, 0.29) is 24.0 Å². The molecule has 3 aliphatic rings. The van der Waals surface area contributed by atoms with Gasteiger partial charge in [-0.1, -0.05) is 12.2 Å². The van der Waals surface area contributed by atoms with E-state index in [0.29, 0.717) is 0 Å². The van der Waals surface area contributed by atoms with Gasteiger partial charge in [0, 0.05) is 0 Å². The van der Waals surface area contributed by atoms with E-state index < -0.39 is 11.9 Å². The molecule has 2 bridgehead atoms. The van der Waals surface area contributed by atoms with Gasteiger partial charge in [0.1, 0.15) is 11.8 Å². The van der Waals surface area contributed by atoms with Crippen molar-refractivity contribution in [1.29, 1.82) is 0 Å². The van der Waals surface area contributed by atoms with Crippen LogP contribution in [0.5, 0.6) is 0 Å². The molecule has 0 saturated carbocycles. The standard InChI is InChI=1S/C8H6O4/c9-7-5-3-1-2-4(11-3)6(5)8(10)12-7/h1-6H/t3-,4+,5+,6-. The van der Waals surface area contributed by atoms with Crippen molar-refractivity contribution in [3.63, 3.8) is 0 Å². The van der Waals surface area contributed by atoms with Gasteiger partial charge >= 0.3 is 11.9 Å². The average molecular weight is 166 g/mol. The maximum Gasteiger partial charge on any atom is 0.320 e. The Hall–Kier alpha value is -1.16. The summed E-state index contributed by atoms with van der Waals surface area (Å²) in [6, 6.07) is 0. The number of hydrogen-bond acceptors (Lipinski definition) is 4. The maximum atomic E-state index is 11.1. The summed E-state index contributed by atoms with van der Waals surface area (Å²) in [6.07, 6.45) is 3.20. The lowest BCUT2D eigenvalue weighted by molar-refractivity contribution is -0.156. The largest absolute Gasteiger partial charge is 0.393 e. The van der Waals surface area contributed by atoms with Crippen molar-refractivity contribution in [1.82, 2.24) is 0 Å². The molecule has 4 nitrogen and oxygen atoms in total. The second-order valence-corrected chi connectivity index (χ2v) is 3.24. The van der Waals surface area contributed by atoms with Gasteiger partial charge in [-0.2, -0.15) is 0 Å². The number of cyclic esters (lactones) is 2. The highest BCUT2D eigenvalue weighted by molar-refractivity contribution is 5.98. The van der Waals surface area contributed by atoms with Crippen LogP contribution < -0.4 is 0 Å². The zero-order valence-corrected chi connectivity index (χ0v) is 6.10.